The highest BCUT2D eigenvalue weighted by molar-refractivity contribution is 8.77. The summed E-state index contributed by atoms with van der Waals surface area (Å²) in [5, 5.41) is 15.1. The Balaban J connectivity index is 1.71. The van der Waals surface area contributed by atoms with Crippen molar-refractivity contribution >= 4 is 79.1 Å². The summed E-state index contributed by atoms with van der Waals surface area (Å²) < 4.78 is 29.3. The summed E-state index contributed by atoms with van der Waals surface area (Å²) in [5.41, 5.74) is 5.41. The van der Waals surface area contributed by atoms with E-state index in [0.29, 0.717) is 37.4 Å². The van der Waals surface area contributed by atoms with Crippen molar-refractivity contribution in [1.82, 2.24) is 10.6 Å². The number of nitrogens with one attached hydrogen (secondary N) is 2. The molecular weight excluding hydrogens is 730 g/mol. The fourth-order valence-corrected chi connectivity index (χ4v) is 8.62. The Morgan fingerprint density at radius 2 is 1.96 bits per heavy atom. The molecule has 274 valence electrons. The maximum Gasteiger partial charge on any atom is 0.251 e. The Labute approximate surface area is 310 Å². The molecule has 2 rings (SSSR count). The second-order valence-electron chi connectivity index (χ2n) is 11.4. The van der Waals surface area contributed by atoms with E-state index in [9.17, 15) is 19.5 Å². The van der Waals surface area contributed by atoms with Gasteiger partial charge in [-0.15, -0.1) is 0 Å². The Bertz CT molecular complexity index is 1220. The number of carbonyl (C=O) groups is 3. The van der Waals surface area contributed by atoms with Gasteiger partial charge < -0.3 is 45.2 Å². The molecule has 1 saturated heterocycles. The summed E-state index contributed by atoms with van der Waals surface area (Å²) in [6, 6.07) is 6.62. The Morgan fingerprint density at radius 3 is 2.65 bits per heavy atom. The van der Waals surface area contributed by atoms with Gasteiger partial charge in [-0.3, -0.25) is 14.4 Å². The van der Waals surface area contributed by atoms with E-state index in [1.165, 1.54) is 29.5 Å². The van der Waals surface area contributed by atoms with Crippen LogP contribution in [-0.2, 0) is 28.5 Å². The maximum absolute atomic E-state index is 12.3. The van der Waals surface area contributed by atoms with E-state index in [1.54, 1.807) is 56.6 Å². The number of hydrogen-bond acceptors (Lipinski definition) is 15. The zero-order valence-electron chi connectivity index (χ0n) is 28.6. The molecular formula is C31H48BN3O9S5. The van der Waals surface area contributed by atoms with Gasteiger partial charge in [-0.05, 0) is 24.5 Å². The lowest BCUT2D eigenvalue weighted by Gasteiger charge is -2.44. The van der Waals surface area contributed by atoms with Crippen molar-refractivity contribution in [2.45, 2.75) is 61.5 Å². The highest BCUT2D eigenvalue weighted by Gasteiger charge is 2.44. The van der Waals surface area contributed by atoms with Crippen LogP contribution in [0.3, 0.4) is 0 Å². The number of hydrogen-bond donors (Lipinski definition) is 4. The molecule has 1 aliphatic rings. The van der Waals surface area contributed by atoms with Crippen LogP contribution in [0.2, 0.25) is 0 Å². The molecule has 1 aromatic carbocycles. The van der Waals surface area contributed by atoms with Gasteiger partial charge in [0.15, 0.2) is 5.12 Å². The summed E-state index contributed by atoms with van der Waals surface area (Å²) >= 11 is 1.20. The normalized spacial score (nSPS) is 18.3. The summed E-state index contributed by atoms with van der Waals surface area (Å²) in [7, 11) is 6.67. The molecule has 0 radical (unpaired) electrons. The summed E-state index contributed by atoms with van der Waals surface area (Å²) in [5.74, 6) is 6.45. The summed E-state index contributed by atoms with van der Waals surface area (Å²) in [6.07, 6.45) is 1.18. The van der Waals surface area contributed by atoms with Gasteiger partial charge in [-0.25, -0.2) is 0 Å². The van der Waals surface area contributed by atoms with Crippen LogP contribution in [0.1, 0.15) is 38.1 Å². The first kappa shape index (κ1) is 43.9. The van der Waals surface area contributed by atoms with Crippen molar-refractivity contribution in [2.75, 3.05) is 64.7 Å². The van der Waals surface area contributed by atoms with Gasteiger partial charge >= 0.3 is 0 Å². The molecule has 1 fully saturated rings. The highest BCUT2D eigenvalue weighted by Crippen LogP contribution is 2.38. The SMILES string of the molecule is CSS[C@@H](CSC(C)=O)OC1C(BC#CCNC(=O)COCCOC(COc2cccc(C(=O)NCCN)c2)SSC(C)(C)C)OC1CO. The molecule has 5 atom stereocenters. The minimum absolute atomic E-state index is 0.000719. The molecule has 1 aliphatic heterocycles. The molecule has 1 heterocycles. The average Bonchev–Trinajstić information content (AvgIpc) is 3.06. The minimum atomic E-state index is -0.433. The number of rotatable bonds is 23. The molecule has 18 heteroatoms. The van der Waals surface area contributed by atoms with Crippen LogP contribution in [0, 0.1) is 11.7 Å². The van der Waals surface area contributed by atoms with E-state index in [4.69, 9.17) is 29.4 Å². The predicted octanol–water partition coefficient (Wildman–Crippen LogP) is 2.53. The summed E-state index contributed by atoms with van der Waals surface area (Å²) in [6.45, 7) is 9.15. The van der Waals surface area contributed by atoms with Crippen molar-refractivity contribution in [3.8, 4) is 17.5 Å². The molecule has 12 nitrogen and oxygen atoms in total. The first-order chi connectivity index (χ1) is 23.4. The van der Waals surface area contributed by atoms with Crippen molar-refractivity contribution in [3.63, 3.8) is 0 Å². The number of aliphatic hydroxyl groups excluding tert-OH is 1. The molecule has 1 aromatic rings. The minimum Gasteiger partial charge on any atom is -0.490 e. The van der Waals surface area contributed by atoms with E-state index in [2.05, 4.69) is 43.1 Å². The van der Waals surface area contributed by atoms with Gasteiger partial charge in [0.05, 0.1) is 32.4 Å². The standard InChI is InChI=1S/C31H48BN3O9S5/c1-21(37)46-20-27(47-45-5)44-28-24(17-36)43-29(28)32-10-7-12-34-25(38)18-40-14-15-41-26(48-49-31(2,3)4)19-42-23-9-6-8-22(16-23)30(39)35-13-11-33/h6,8-9,16,24,26-29,32,36H,11-15,17-20,33H2,1-5H3,(H,34,38)(H,35,39)/t24?,26?,27-,28?,29?/m0/s1. The fourth-order valence-electron chi connectivity index (χ4n) is 3.89. The van der Waals surface area contributed by atoms with Crippen LogP contribution in [0.5, 0.6) is 5.75 Å². The van der Waals surface area contributed by atoms with Crippen molar-refractivity contribution in [1.29, 1.82) is 0 Å². The molecule has 5 N–H and O–H groups in total. The third-order valence-corrected chi connectivity index (χ3v) is 12.6. The Kier molecular flexibility index (Phi) is 22.3. The zero-order valence-corrected chi connectivity index (χ0v) is 32.7. The molecule has 0 aliphatic carbocycles. The van der Waals surface area contributed by atoms with E-state index in [1.807, 2.05) is 6.26 Å². The van der Waals surface area contributed by atoms with Gasteiger partial charge in [-0.2, -0.15) is 5.82 Å². The number of carbonyl (C=O) groups excluding carboxylic acids is 3. The number of thioether (sulfide) groups is 1. The topological polar surface area (TPSA) is 168 Å². The third kappa shape index (κ3) is 19.3. The number of ether oxygens (including phenoxy) is 5. The van der Waals surface area contributed by atoms with E-state index in [-0.39, 0.29) is 84.2 Å². The third-order valence-electron chi connectivity index (χ3n) is 6.08. The zero-order chi connectivity index (χ0) is 36.1. The summed E-state index contributed by atoms with van der Waals surface area (Å²) in [4.78, 5) is 35.9. The Hall–Kier alpha value is -1.24. The lowest BCUT2D eigenvalue weighted by molar-refractivity contribution is -0.222. The molecule has 4 unspecified atom stereocenters. The lowest BCUT2D eigenvalue weighted by Crippen LogP contribution is -2.60. The van der Waals surface area contributed by atoms with Crippen LogP contribution in [-0.4, -0.2) is 128 Å². The van der Waals surface area contributed by atoms with E-state index in [0.717, 1.165) is 0 Å². The van der Waals surface area contributed by atoms with Crippen molar-refractivity contribution in [2.24, 2.45) is 5.73 Å². The fraction of sp³-hybridized carbons (Fsp3) is 0.645. The molecule has 0 bridgehead atoms. The largest absolute Gasteiger partial charge is 0.490 e. The lowest BCUT2D eigenvalue weighted by atomic mass is 9.66. The number of aliphatic hydroxyl groups is 1. The quantitative estimate of drug-likeness (QED) is 0.0421. The van der Waals surface area contributed by atoms with Gasteiger partial charge in [0.2, 0.25) is 13.2 Å². The Morgan fingerprint density at radius 1 is 1.16 bits per heavy atom. The smallest absolute Gasteiger partial charge is 0.251 e. The van der Waals surface area contributed by atoms with Gasteiger partial charge in [0.25, 0.3) is 5.91 Å². The van der Waals surface area contributed by atoms with Crippen molar-refractivity contribution in [3.05, 3.63) is 29.8 Å². The highest BCUT2D eigenvalue weighted by atomic mass is 33.1. The van der Waals surface area contributed by atoms with Gasteiger partial charge in [0.1, 0.15) is 42.0 Å². The number of amides is 2. The van der Waals surface area contributed by atoms with E-state index >= 15 is 0 Å². The molecule has 49 heavy (non-hydrogen) atoms. The van der Waals surface area contributed by atoms with Crippen LogP contribution in [0.4, 0.5) is 0 Å². The molecule has 2 amide bonds. The van der Waals surface area contributed by atoms with Gasteiger partial charge in [0, 0.05) is 36.1 Å². The average molecular weight is 778 g/mol. The van der Waals surface area contributed by atoms with Crippen LogP contribution in [0.15, 0.2) is 24.3 Å². The van der Waals surface area contributed by atoms with Crippen LogP contribution >= 0.6 is 54.9 Å². The monoisotopic (exact) mass is 777 g/mol. The predicted molar refractivity (Wildman–Crippen MR) is 205 cm³/mol. The molecule has 0 spiro atoms. The van der Waals surface area contributed by atoms with Crippen LogP contribution < -0.4 is 21.1 Å². The first-order valence-corrected chi connectivity index (χ1v) is 21.5. The van der Waals surface area contributed by atoms with Gasteiger partial charge in [-0.1, -0.05) is 87.7 Å². The second kappa shape index (κ2) is 24.9. The number of nitrogens with two attached hydrogens (primary N) is 1. The van der Waals surface area contributed by atoms with E-state index < -0.39 is 6.10 Å². The van der Waals surface area contributed by atoms with Crippen molar-refractivity contribution < 1.29 is 43.2 Å². The maximum atomic E-state index is 12.3. The number of benzene rings is 1. The molecule has 0 aromatic heterocycles. The second-order valence-corrected chi connectivity index (χ2v) is 18.4. The molecule has 0 saturated carbocycles. The van der Waals surface area contributed by atoms with Crippen LogP contribution in [0.25, 0.3) is 0 Å². The first-order valence-electron chi connectivity index (χ1n) is 15.7.